The quantitative estimate of drug-likeness (QED) is 0.681. The van der Waals surface area contributed by atoms with Crippen LogP contribution >= 0.6 is 0 Å². The molecule has 0 radical (unpaired) electrons. The van der Waals surface area contributed by atoms with E-state index >= 15 is 0 Å². The van der Waals surface area contributed by atoms with E-state index in [2.05, 4.69) is 51.3 Å². The second-order valence-corrected chi connectivity index (χ2v) is 4.76. The fourth-order valence-corrected chi connectivity index (χ4v) is 1.90. The zero-order valence-electron chi connectivity index (χ0n) is 10.5. The molecule has 0 unspecified atom stereocenters. The predicted molar refractivity (Wildman–Crippen MR) is 68.0 cm³/mol. The van der Waals surface area contributed by atoms with Gasteiger partial charge in [0.05, 0.1) is 0 Å². The minimum atomic E-state index is 0.297. The van der Waals surface area contributed by atoms with Crippen LogP contribution < -0.4 is 0 Å². The summed E-state index contributed by atoms with van der Waals surface area (Å²) >= 11 is 0. The van der Waals surface area contributed by atoms with Crippen molar-refractivity contribution in [2.24, 2.45) is 0 Å². The van der Waals surface area contributed by atoms with Crippen LogP contribution in [-0.2, 0) is 0 Å². The molecule has 0 atom stereocenters. The summed E-state index contributed by atoms with van der Waals surface area (Å²) in [5, 5.41) is 0. The molecular formula is C14H23N. The minimum absolute atomic E-state index is 0.297. The molecule has 1 saturated heterocycles. The van der Waals surface area contributed by atoms with Gasteiger partial charge < -0.3 is 0 Å². The van der Waals surface area contributed by atoms with Crippen molar-refractivity contribution in [2.45, 2.75) is 39.7 Å². The highest BCUT2D eigenvalue weighted by molar-refractivity contribution is 5.39. The Hall–Kier alpha value is -0.820. The SMILES string of the molecule is C=C/C=C1/CN(C(C)(C)CC)C/C1=C/C. The molecule has 1 fully saturated rings. The first-order valence-electron chi connectivity index (χ1n) is 5.77. The minimum Gasteiger partial charge on any atom is -0.290 e. The van der Waals surface area contributed by atoms with Crippen molar-refractivity contribution in [3.05, 3.63) is 36.0 Å². The van der Waals surface area contributed by atoms with Crippen LogP contribution in [-0.4, -0.2) is 23.5 Å². The molecule has 0 aromatic rings. The number of rotatable bonds is 3. The molecule has 1 heteroatoms. The van der Waals surface area contributed by atoms with Crippen LogP contribution in [0.5, 0.6) is 0 Å². The largest absolute Gasteiger partial charge is 0.290 e. The lowest BCUT2D eigenvalue weighted by Gasteiger charge is -2.34. The van der Waals surface area contributed by atoms with E-state index in [9.17, 15) is 0 Å². The summed E-state index contributed by atoms with van der Waals surface area (Å²) in [5.74, 6) is 0. The first-order chi connectivity index (χ1) is 7.05. The molecule has 1 nitrogen and oxygen atoms in total. The van der Waals surface area contributed by atoms with Crippen molar-refractivity contribution in [3.63, 3.8) is 0 Å². The summed E-state index contributed by atoms with van der Waals surface area (Å²) in [6.07, 6.45) is 7.44. The summed E-state index contributed by atoms with van der Waals surface area (Å²) in [7, 11) is 0. The Balaban J connectivity index is 2.87. The summed E-state index contributed by atoms with van der Waals surface area (Å²) in [4.78, 5) is 2.54. The zero-order valence-corrected chi connectivity index (χ0v) is 10.5. The molecule has 1 heterocycles. The van der Waals surface area contributed by atoms with Gasteiger partial charge in [0.1, 0.15) is 0 Å². The van der Waals surface area contributed by atoms with Gasteiger partial charge in [-0.3, -0.25) is 4.90 Å². The number of nitrogens with zero attached hydrogens (tertiary/aromatic N) is 1. The number of hydrogen-bond acceptors (Lipinski definition) is 1. The van der Waals surface area contributed by atoms with Crippen molar-refractivity contribution in [3.8, 4) is 0 Å². The second kappa shape index (κ2) is 4.80. The van der Waals surface area contributed by atoms with E-state index in [1.54, 1.807) is 0 Å². The molecule has 0 N–H and O–H groups in total. The van der Waals surface area contributed by atoms with Gasteiger partial charge in [-0.1, -0.05) is 31.7 Å². The van der Waals surface area contributed by atoms with Gasteiger partial charge in [0, 0.05) is 18.6 Å². The molecule has 0 aromatic carbocycles. The van der Waals surface area contributed by atoms with Gasteiger partial charge in [0.2, 0.25) is 0 Å². The van der Waals surface area contributed by atoms with Gasteiger partial charge in [-0.2, -0.15) is 0 Å². The first kappa shape index (κ1) is 12.3. The summed E-state index contributed by atoms with van der Waals surface area (Å²) < 4.78 is 0. The average molecular weight is 205 g/mol. The van der Waals surface area contributed by atoms with E-state index in [0.29, 0.717) is 5.54 Å². The molecule has 1 rings (SSSR count). The molecule has 0 amide bonds. The lowest BCUT2D eigenvalue weighted by Crippen LogP contribution is -2.41. The maximum Gasteiger partial charge on any atom is 0.0245 e. The molecular weight excluding hydrogens is 182 g/mol. The summed E-state index contributed by atoms with van der Waals surface area (Å²) in [5.41, 5.74) is 3.18. The maximum atomic E-state index is 3.78. The van der Waals surface area contributed by atoms with Crippen LogP contribution in [0.15, 0.2) is 36.0 Å². The molecule has 0 aromatic heterocycles. The Morgan fingerprint density at radius 3 is 2.40 bits per heavy atom. The maximum absolute atomic E-state index is 3.78. The molecule has 0 spiro atoms. The predicted octanol–water partition coefficient (Wildman–Crippen LogP) is 3.55. The van der Waals surface area contributed by atoms with E-state index < -0.39 is 0 Å². The van der Waals surface area contributed by atoms with Gasteiger partial charge >= 0.3 is 0 Å². The molecule has 1 aliphatic heterocycles. The Morgan fingerprint density at radius 2 is 1.93 bits per heavy atom. The van der Waals surface area contributed by atoms with Crippen LogP contribution in [0.4, 0.5) is 0 Å². The van der Waals surface area contributed by atoms with Gasteiger partial charge in [0.15, 0.2) is 0 Å². The normalized spacial score (nSPS) is 24.0. The highest BCUT2D eigenvalue weighted by Gasteiger charge is 2.31. The topological polar surface area (TPSA) is 3.24 Å². The lowest BCUT2D eigenvalue weighted by atomic mass is 10.00. The van der Waals surface area contributed by atoms with E-state index in [1.165, 1.54) is 17.6 Å². The van der Waals surface area contributed by atoms with Gasteiger partial charge in [-0.05, 0) is 38.3 Å². The van der Waals surface area contributed by atoms with E-state index in [4.69, 9.17) is 0 Å². The van der Waals surface area contributed by atoms with Crippen molar-refractivity contribution in [1.29, 1.82) is 0 Å². The number of hydrogen-bond donors (Lipinski definition) is 0. The highest BCUT2D eigenvalue weighted by Crippen LogP contribution is 2.29. The molecule has 0 bridgehead atoms. The molecule has 15 heavy (non-hydrogen) atoms. The highest BCUT2D eigenvalue weighted by atomic mass is 15.2. The Labute approximate surface area is 94.2 Å². The van der Waals surface area contributed by atoms with E-state index in [1.807, 2.05) is 6.08 Å². The van der Waals surface area contributed by atoms with Gasteiger partial charge in [-0.25, -0.2) is 0 Å². The van der Waals surface area contributed by atoms with Crippen molar-refractivity contribution in [2.75, 3.05) is 13.1 Å². The van der Waals surface area contributed by atoms with Gasteiger partial charge in [0.25, 0.3) is 0 Å². The van der Waals surface area contributed by atoms with Crippen LogP contribution in [0.2, 0.25) is 0 Å². The molecule has 0 aliphatic carbocycles. The third-order valence-electron chi connectivity index (χ3n) is 3.52. The van der Waals surface area contributed by atoms with Crippen LogP contribution in [0, 0.1) is 0 Å². The second-order valence-electron chi connectivity index (χ2n) is 4.76. The van der Waals surface area contributed by atoms with Crippen molar-refractivity contribution < 1.29 is 0 Å². The Bertz CT molecular complexity index is 294. The van der Waals surface area contributed by atoms with Crippen molar-refractivity contribution in [1.82, 2.24) is 4.90 Å². The first-order valence-corrected chi connectivity index (χ1v) is 5.77. The van der Waals surface area contributed by atoms with Crippen LogP contribution in [0.25, 0.3) is 0 Å². The summed E-state index contributed by atoms with van der Waals surface area (Å²) in [6.45, 7) is 14.9. The smallest absolute Gasteiger partial charge is 0.0245 e. The van der Waals surface area contributed by atoms with Crippen LogP contribution in [0.1, 0.15) is 34.1 Å². The average Bonchev–Trinajstić information content (AvgIpc) is 2.62. The molecule has 0 saturated carbocycles. The third kappa shape index (κ3) is 2.60. The van der Waals surface area contributed by atoms with E-state index in [-0.39, 0.29) is 0 Å². The summed E-state index contributed by atoms with van der Waals surface area (Å²) in [6, 6.07) is 0. The Morgan fingerprint density at radius 1 is 1.33 bits per heavy atom. The van der Waals surface area contributed by atoms with Gasteiger partial charge in [-0.15, -0.1) is 0 Å². The molecule has 1 aliphatic rings. The Kier molecular flexibility index (Phi) is 3.92. The zero-order chi connectivity index (χ0) is 11.5. The number of likely N-dealkylation sites (tertiary alicyclic amines) is 1. The molecule has 84 valence electrons. The fraction of sp³-hybridized carbons (Fsp3) is 0.571. The monoisotopic (exact) mass is 205 g/mol. The van der Waals surface area contributed by atoms with Crippen molar-refractivity contribution >= 4 is 0 Å². The standard InChI is InChI=1S/C14H23N/c1-6-9-13-11-15(10-12(13)7-2)14(4,5)8-3/h6-7,9H,1,8,10-11H2,2-5H3/b12-7-,13-9-. The third-order valence-corrected chi connectivity index (χ3v) is 3.52. The lowest BCUT2D eigenvalue weighted by molar-refractivity contribution is 0.159. The fourth-order valence-electron chi connectivity index (χ4n) is 1.90. The van der Waals surface area contributed by atoms with Crippen LogP contribution in [0.3, 0.4) is 0 Å². The number of allylic oxidation sites excluding steroid dienone is 3. The van der Waals surface area contributed by atoms with E-state index in [0.717, 1.165) is 13.1 Å².